The highest BCUT2D eigenvalue weighted by molar-refractivity contribution is 6.02. The van der Waals surface area contributed by atoms with Crippen molar-refractivity contribution in [2.45, 2.75) is 39.2 Å². The Kier molecular flexibility index (Phi) is 6.25. The van der Waals surface area contributed by atoms with E-state index in [1.807, 2.05) is 0 Å². The van der Waals surface area contributed by atoms with Gasteiger partial charge in [0.05, 0.1) is 24.8 Å². The van der Waals surface area contributed by atoms with E-state index in [2.05, 4.69) is 21.5 Å². The van der Waals surface area contributed by atoms with Gasteiger partial charge in [0.1, 0.15) is 17.1 Å². The molecule has 1 saturated carbocycles. The van der Waals surface area contributed by atoms with Gasteiger partial charge in [-0.15, -0.1) is 0 Å². The SMILES string of the molecule is Cc1cc(N2CC[C@@](C#N)(C3CC3)C2=O)cc(NC(=O)Cc2cc(F)cc(-c3cn(C)nc3CO)c2)n1. The number of hydrogen-bond acceptors (Lipinski definition) is 6. The Morgan fingerprint density at radius 3 is 2.78 bits per heavy atom. The molecule has 37 heavy (non-hydrogen) atoms. The minimum absolute atomic E-state index is 0.105. The molecular weight excluding hydrogens is 475 g/mol. The molecule has 0 radical (unpaired) electrons. The third-order valence-electron chi connectivity index (χ3n) is 7.04. The van der Waals surface area contributed by atoms with Crippen molar-refractivity contribution in [2.75, 3.05) is 16.8 Å². The van der Waals surface area contributed by atoms with E-state index < -0.39 is 17.1 Å². The standard InChI is InChI=1S/C27H27FN6O3/c1-16-7-21(34-6-5-27(15-29,26(34)37)19-3-4-19)12-24(30-16)31-25(36)10-17-8-18(11-20(28)9-17)22-13-33(2)32-23(22)14-35/h7-9,11-13,19,35H,3-6,10,14H2,1-2H3,(H,30,31,36)/t27-/m1/s1. The molecule has 5 rings (SSSR count). The van der Waals surface area contributed by atoms with Gasteiger partial charge in [-0.25, -0.2) is 9.37 Å². The molecule has 10 heteroatoms. The van der Waals surface area contributed by atoms with Crippen molar-refractivity contribution in [1.82, 2.24) is 14.8 Å². The third-order valence-corrected chi connectivity index (χ3v) is 7.04. The van der Waals surface area contributed by atoms with E-state index in [0.717, 1.165) is 12.8 Å². The van der Waals surface area contributed by atoms with E-state index in [0.29, 0.717) is 46.7 Å². The van der Waals surface area contributed by atoms with Crippen LogP contribution >= 0.6 is 0 Å². The molecule has 1 saturated heterocycles. The van der Waals surface area contributed by atoms with Crippen LogP contribution in [0.25, 0.3) is 11.1 Å². The van der Waals surface area contributed by atoms with Gasteiger partial charge in [0, 0.05) is 42.8 Å². The van der Waals surface area contributed by atoms with Crippen LogP contribution in [0.5, 0.6) is 0 Å². The Morgan fingerprint density at radius 2 is 2.08 bits per heavy atom. The molecule has 2 amide bonds. The van der Waals surface area contributed by atoms with Gasteiger partial charge < -0.3 is 15.3 Å². The van der Waals surface area contributed by atoms with Gasteiger partial charge in [0.25, 0.3) is 0 Å². The number of benzene rings is 1. The first kappa shape index (κ1) is 24.6. The summed E-state index contributed by atoms with van der Waals surface area (Å²) in [6.45, 7) is 1.92. The second kappa shape index (κ2) is 9.41. The third kappa shape index (κ3) is 4.70. The molecule has 2 aliphatic rings. The summed E-state index contributed by atoms with van der Waals surface area (Å²) in [6.07, 6.45) is 3.87. The van der Waals surface area contributed by atoms with Crippen LogP contribution in [0.2, 0.25) is 0 Å². The number of aliphatic hydroxyl groups is 1. The molecule has 0 spiro atoms. The van der Waals surface area contributed by atoms with Crippen LogP contribution in [-0.2, 0) is 29.7 Å². The normalized spacial score (nSPS) is 19.2. The van der Waals surface area contributed by atoms with Gasteiger partial charge in [-0.3, -0.25) is 14.3 Å². The summed E-state index contributed by atoms with van der Waals surface area (Å²) >= 11 is 0. The molecule has 1 aliphatic carbocycles. The second-order valence-corrected chi connectivity index (χ2v) is 9.81. The van der Waals surface area contributed by atoms with Gasteiger partial charge in [-0.2, -0.15) is 10.4 Å². The first-order valence-electron chi connectivity index (χ1n) is 12.2. The summed E-state index contributed by atoms with van der Waals surface area (Å²) in [5.74, 6) is -0.696. The molecule has 190 valence electrons. The van der Waals surface area contributed by atoms with Crippen molar-refractivity contribution < 1.29 is 19.1 Å². The first-order valence-corrected chi connectivity index (χ1v) is 12.2. The lowest BCUT2D eigenvalue weighted by Gasteiger charge is -2.21. The second-order valence-electron chi connectivity index (χ2n) is 9.81. The van der Waals surface area contributed by atoms with Gasteiger partial charge in [0.15, 0.2) is 0 Å². The molecule has 0 bridgehead atoms. The monoisotopic (exact) mass is 502 g/mol. The smallest absolute Gasteiger partial charge is 0.247 e. The van der Waals surface area contributed by atoms with Crippen LogP contribution in [-0.4, -0.2) is 38.2 Å². The number of carbonyl (C=O) groups is 2. The van der Waals surface area contributed by atoms with Crippen molar-refractivity contribution in [3.8, 4) is 17.2 Å². The number of rotatable bonds is 7. The molecule has 1 aromatic carbocycles. The number of aliphatic hydroxyl groups excluding tert-OH is 1. The summed E-state index contributed by atoms with van der Waals surface area (Å²) in [5, 5.41) is 26.3. The fraction of sp³-hybridized carbons (Fsp3) is 0.370. The molecule has 2 fully saturated rings. The highest BCUT2D eigenvalue weighted by Gasteiger charge is 2.56. The molecular formula is C27H27FN6O3. The Labute approximate surface area is 213 Å². The molecule has 1 atom stereocenters. The Balaban J connectivity index is 1.34. The number of carbonyl (C=O) groups excluding carboxylic acids is 2. The number of hydrogen-bond donors (Lipinski definition) is 2. The van der Waals surface area contributed by atoms with E-state index in [9.17, 15) is 24.3 Å². The zero-order valence-electron chi connectivity index (χ0n) is 20.7. The van der Waals surface area contributed by atoms with Crippen LogP contribution < -0.4 is 10.2 Å². The number of nitrogens with one attached hydrogen (secondary N) is 1. The number of aromatic nitrogens is 3. The molecule has 0 unspecified atom stereocenters. The van der Waals surface area contributed by atoms with E-state index >= 15 is 0 Å². The molecule has 3 aromatic rings. The summed E-state index contributed by atoms with van der Waals surface area (Å²) in [6, 6.07) is 9.99. The summed E-state index contributed by atoms with van der Waals surface area (Å²) in [5.41, 5.74) is 2.21. The summed E-state index contributed by atoms with van der Waals surface area (Å²) < 4.78 is 15.9. The number of nitriles is 1. The number of halogens is 1. The van der Waals surface area contributed by atoms with E-state index in [-0.39, 0.29) is 30.7 Å². The molecule has 9 nitrogen and oxygen atoms in total. The molecule has 1 aliphatic heterocycles. The quantitative estimate of drug-likeness (QED) is 0.511. The van der Waals surface area contributed by atoms with Crippen molar-refractivity contribution in [1.29, 1.82) is 5.26 Å². The predicted octanol–water partition coefficient (Wildman–Crippen LogP) is 3.26. The highest BCUT2D eigenvalue weighted by Crippen LogP contribution is 2.52. The maximum absolute atomic E-state index is 14.4. The Bertz CT molecular complexity index is 1440. The average Bonchev–Trinajstić information content (AvgIpc) is 3.54. The first-order chi connectivity index (χ1) is 17.7. The fourth-order valence-electron chi connectivity index (χ4n) is 5.18. The van der Waals surface area contributed by atoms with Crippen LogP contribution in [0.15, 0.2) is 36.5 Å². The molecule has 3 heterocycles. The zero-order chi connectivity index (χ0) is 26.3. The van der Waals surface area contributed by atoms with Gasteiger partial charge in [-0.05, 0) is 61.4 Å². The predicted molar refractivity (Wildman–Crippen MR) is 134 cm³/mol. The lowest BCUT2D eigenvalue weighted by molar-refractivity contribution is -0.123. The Hall–Kier alpha value is -4.10. The van der Waals surface area contributed by atoms with Crippen LogP contribution in [0.4, 0.5) is 15.9 Å². The van der Waals surface area contributed by atoms with Crippen LogP contribution in [0.1, 0.15) is 36.2 Å². The molecule has 2 N–H and O–H groups in total. The van der Waals surface area contributed by atoms with Crippen molar-refractivity contribution in [3.05, 3.63) is 59.3 Å². The van der Waals surface area contributed by atoms with Crippen molar-refractivity contribution in [2.24, 2.45) is 18.4 Å². The fourth-order valence-corrected chi connectivity index (χ4v) is 5.18. The van der Waals surface area contributed by atoms with Crippen LogP contribution in [0.3, 0.4) is 0 Å². The maximum Gasteiger partial charge on any atom is 0.247 e. The van der Waals surface area contributed by atoms with E-state index in [1.54, 1.807) is 43.3 Å². The number of nitrogens with zero attached hydrogens (tertiary/aromatic N) is 5. The van der Waals surface area contributed by atoms with Crippen molar-refractivity contribution in [3.63, 3.8) is 0 Å². The van der Waals surface area contributed by atoms with Crippen LogP contribution in [0, 0.1) is 35.4 Å². The van der Waals surface area contributed by atoms with Gasteiger partial charge >= 0.3 is 0 Å². The average molecular weight is 503 g/mol. The van der Waals surface area contributed by atoms with Crippen molar-refractivity contribution >= 4 is 23.3 Å². The van der Waals surface area contributed by atoms with Gasteiger partial charge in [0.2, 0.25) is 11.8 Å². The number of aryl methyl sites for hydroxylation is 2. The number of anilines is 2. The minimum Gasteiger partial charge on any atom is -0.390 e. The molecule has 2 aromatic heterocycles. The minimum atomic E-state index is -0.958. The lowest BCUT2D eigenvalue weighted by atomic mass is 9.83. The lowest BCUT2D eigenvalue weighted by Crippen LogP contribution is -2.35. The number of amides is 2. The summed E-state index contributed by atoms with van der Waals surface area (Å²) in [7, 11) is 1.71. The largest absolute Gasteiger partial charge is 0.390 e. The van der Waals surface area contributed by atoms with E-state index in [1.165, 1.54) is 16.8 Å². The van der Waals surface area contributed by atoms with Gasteiger partial charge in [-0.1, -0.05) is 6.07 Å². The number of pyridine rings is 1. The van der Waals surface area contributed by atoms with E-state index in [4.69, 9.17) is 0 Å². The zero-order valence-corrected chi connectivity index (χ0v) is 20.7. The summed E-state index contributed by atoms with van der Waals surface area (Å²) in [4.78, 5) is 32.0. The topological polar surface area (TPSA) is 124 Å². The maximum atomic E-state index is 14.4. The Morgan fingerprint density at radius 1 is 1.30 bits per heavy atom. The highest BCUT2D eigenvalue weighted by atomic mass is 19.1.